The van der Waals surface area contributed by atoms with E-state index in [9.17, 15) is 5.11 Å². The molecule has 0 saturated carbocycles. The van der Waals surface area contributed by atoms with Crippen molar-refractivity contribution in [2.24, 2.45) is 0 Å². The molecule has 1 aliphatic rings. The molecule has 0 radical (unpaired) electrons. The maximum absolute atomic E-state index is 9.97. The Labute approximate surface area is 103 Å². The summed E-state index contributed by atoms with van der Waals surface area (Å²) in [6, 6.07) is 0. The van der Waals surface area contributed by atoms with E-state index in [0.717, 1.165) is 0 Å². The van der Waals surface area contributed by atoms with Crippen LogP contribution in [0.4, 0.5) is 5.82 Å². The lowest BCUT2D eigenvalue weighted by molar-refractivity contribution is -0.0132. The molecule has 0 bridgehead atoms. The van der Waals surface area contributed by atoms with E-state index in [4.69, 9.17) is 15.6 Å². The van der Waals surface area contributed by atoms with Crippen LogP contribution in [0.25, 0.3) is 5.65 Å². The summed E-state index contributed by atoms with van der Waals surface area (Å²) < 4.78 is 7.34. The van der Waals surface area contributed by atoms with E-state index in [-0.39, 0.29) is 12.7 Å². The van der Waals surface area contributed by atoms with Gasteiger partial charge >= 0.3 is 0 Å². The number of hydrogen-bond donors (Lipinski definition) is 3. The van der Waals surface area contributed by atoms with Crippen LogP contribution in [0.1, 0.15) is 18.2 Å². The molecule has 18 heavy (non-hydrogen) atoms. The van der Waals surface area contributed by atoms with E-state index >= 15 is 0 Å². The Kier molecular flexibility index (Phi) is 2.66. The quantitative estimate of drug-likeness (QED) is 0.663. The molecule has 0 spiro atoms. The molecular formula is C11H14N4O3. The first-order valence-electron chi connectivity index (χ1n) is 5.72. The molecule has 1 aliphatic heterocycles. The molecular weight excluding hydrogens is 236 g/mol. The van der Waals surface area contributed by atoms with Gasteiger partial charge in [-0.3, -0.25) is 4.40 Å². The van der Waals surface area contributed by atoms with Crippen LogP contribution < -0.4 is 5.73 Å². The molecule has 3 rings (SSSR count). The van der Waals surface area contributed by atoms with Crippen molar-refractivity contribution in [1.82, 2.24) is 14.4 Å². The van der Waals surface area contributed by atoms with E-state index < -0.39 is 12.2 Å². The zero-order chi connectivity index (χ0) is 12.7. The number of nitrogens with two attached hydrogens (primary N) is 1. The normalized spacial score (nSPS) is 28.0. The number of aliphatic hydroxyl groups is 2. The Morgan fingerprint density at radius 1 is 1.50 bits per heavy atom. The Hall–Kier alpha value is -1.70. The highest BCUT2D eigenvalue weighted by molar-refractivity contribution is 5.59. The monoisotopic (exact) mass is 250 g/mol. The van der Waals surface area contributed by atoms with Gasteiger partial charge < -0.3 is 20.7 Å². The Bertz CT molecular complexity index is 570. The number of ether oxygens (including phenoxy) is 1. The molecule has 7 nitrogen and oxygen atoms in total. The summed E-state index contributed by atoms with van der Waals surface area (Å²) in [5, 5.41) is 19.0. The molecule has 0 aliphatic carbocycles. The van der Waals surface area contributed by atoms with Gasteiger partial charge in [-0.2, -0.15) is 0 Å². The van der Waals surface area contributed by atoms with Gasteiger partial charge in [-0.05, 0) is 0 Å². The highest BCUT2D eigenvalue weighted by atomic mass is 16.5. The highest BCUT2D eigenvalue weighted by Gasteiger charge is 2.36. The highest BCUT2D eigenvalue weighted by Crippen LogP contribution is 2.33. The van der Waals surface area contributed by atoms with E-state index in [1.807, 2.05) is 0 Å². The van der Waals surface area contributed by atoms with Crippen molar-refractivity contribution in [1.29, 1.82) is 0 Å². The summed E-state index contributed by atoms with van der Waals surface area (Å²) >= 11 is 0. The van der Waals surface area contributed by atoms with Gasteiger partial charge in [-0.1, -0.05) is 0 Å². The van der Waals surface area contributed by atoms with Crippen LogP contribution in [0.2, 0.25) is 0 Å². The summed E-state index contributed by atoms with van der Waals surface area (Å²) in [6.45, 7) is -0.103. The smallest absolute Gasteiger partial charge is 0.180 e. The fourth-order valence-electron chi connectivity index (χ4n) is 2.30. The summed E-state index contributed by atoms with van der Waals surface area (Å²) in [4.78, 5) is 8.12. The van der Waals surface area contributed by atoms with Gasteiger partial charge in [0, 0.05) is 18.8 Å². The van der Waals surface area contributed by atoms with Crippen molar-refractivity contribution in [2.45, 2.75) is 24.7 Å². The van der Waals surface area contributed by atoms with Crippen molar-refractivity contribution in [3.05, 3.63) is 24.3 Å². The molecule has 0 amide bonds. The summed E-state index contributed by atoms with van der Waals surface area (Å²) in [5.74, 6) is 0.329. The van der Waals surface area contributed by atoms with Crippen LogP contribution in [0.15, 0.2) is 18.6 Å². The van der Waals surface area contributed by atoms with Crippen LogP contribution in [0.5, 0.6) is 0 Å². The Balaban J connectivity index is 2.02. The lowest BCUT2D eigenvalue weighted by Crippen LogP contribution is -2.14. The minimum absolute atomic E-state index is 0.103. The third kappa shape index (κ3) is 1.64. The van der Waals surface area contributed by atoms with Crippen molar-refractivity contribution in [3.63, 3.8) is 0 Å². The second kappa shape index (κ2) is 4.20. The van der Waals surface area contributed by atoms with Crippen molar-refractivity contribution in [2.75, 3.05) is 12.3 Å². The number of aliphatic hydroxyl groups excluding tert-OH is 2. The number of hydrogen-bond acceptors (Lipinski definition) is 6. The predicted molar refractivity (Wildman–Crippen MR) is 62.7 cm³/mol. The number of nitrogens with zero attached hydrogens (tertiary/aromatic N) is 3. The van der Waals surface area contributed by atoms with Gasteiger partial charge in [-0.15, -0.1) is 0 Å². The van der Waals surface area contributed by atoms with Crippen LogP contribution in [0.3, 0.4) is 0 Å². The van der Waals surface area contributed by atoms with Crippen molar-refractivity contribution < 1.29 is 14.9 Å². The predicted octanol–water partition coefficient (Wildman–Crippen LogP) is -0.505. The molecule has 2 aromatic rings. The van der Waals surface area contributed by atoms with Crippen molar-refractivity contribution >= 4 is 11.5 Å². The van der Waals surface area contributed by atoms with Gasteiger partial charge in [-0.25, -0.2) is 9.97 Å². The minimum Gasteiger partial charge on any atom is -0.394 e. The lowest BCUT2D eigenvalue weighted by atomic mass is 10.1. The number of rotatable bonds is 2. The molecule has 3 atom stereocenters. The molecule has 0 unspecified atom stereocenters. The zero-order valence-corrected chi connectivity index (χ0v) is 9.60. The van der Waals surface area contributed by atoms with Gasteiger partial charge in [0.1, 0.15) is 6.10 Å². The Morgan fingerprint density at radius 3 is 3.06 bits per heavy atom. The summed E-state index contributed by atoms with van der Waals surface area (Å²) in [5.41, 5.74) is 6.97. The van der Waals surface area contributed by atoms with Crippen LogP contribution in [-0.2, 0) is 4.74 Å². The number of anilines is 1. The molecule has 96 valence electrons. The largest absolute Gasteiger partial charge is 0.394 e. The fourth-order valence-corrected chi connectivity index (χ4v) is 2.30. The van der Waals surface area contributed by atoms with Gasteiger partial charge in [0.25, 0.3) is 0 Å². The maximum atomic E-state index is 9.97. The standard InChI is InChI=1S/C11H14N4O3/c12-10-11-14-4-7(15(11)2-1-13-10)9-8(17)3-6(5-16)18-9/h1-2,4,6,8-9,16-17H,3,5H2,(H2,12,13)/t6-,8+,9-/m0/s1. The summed E-state index contributed by atoms with van der Waals surface area (Å²) in [7, 11) is 0. The zero-order valence-electron chi connectivity index (χ0n) is 9.60. The van der Waals surface area contributed by atoms with E-state index in [0.29, 0.717) is 23.6 Å². The van der Waals surface area contributed by atoms with Gasteiger partial charge in [0.2, 0.25) is 0 Å². The van der Waals surface area contributed by atoms with Gasteiger partial charge in [0.05, 0.1) is 30.7 Å². The topological polar surface area (TPSA) is 106 Å². The Morgan fingerprint density at radius 2 is 2.33 bits per heavy atom. The third-order valence-corrected chi connectivity index (χ3v) is 3.17. The van der Waals surface area contributed by atoms with Gasteiger partial charge in [0.15, 0.2) is 11.5 Å². The molecule has 3 heterocycles. The molecule has 1 fully saturated rings. The first kappa shape index (κ1) is 11.4. The molecule has 4 N–H and O–H groups in total. The fraction of sp³-hybridized carbons (Fsp3) is 0.455. The number of aromatic nitrogens is 3. The average Bonchev–Trinajstić information content (AvgIpc) is 2.93. The van der Waals surface area contributed by atoms with E-state index in [2.05, 4.69) is 9.97 Å². The number of fused-ring (bicyclic) bond motifs is 1. The summed E-state index contributed by atoms with van der Waals surface area (Å²) in [6.07, 6.45) is 3.81. The SMILES string of the molecule is Nc1nccn2c([C@@H]3O[C@H](CO)C[C@H]3O)cnc12. The van der Waals surface area contributed by atoms with E-state index in [1.54, 1.807) is 23.0 Å². The minimum atomic E-state index is -0.656. The molecule has 7 heteroatoms. The first-order valence-corrected chi connectivity index (χ1v) is 5.72. The second-order valence-corrected chi connectivity index (χ2v) is 4.35. The third-order valence-electron chi connectivity index (χ3n) is 3.17. The second-order valence-electron chi connectivity index (χ2n) is 4.35. The first-order chi connectivity index (χ1) is 8.70. The molecule has 2 aromatic heterocycles. The maximum Gasteiger partial charge on any atom is 0.180 e. The average molecular weight is 250 g/mol. The number of nitrogen functional groups attached to an aromatic ring is 1. The molecule has 1 saturated heterocycles. The van der Waals surface area contributed by atoms with Crippen molar-refractivity contribution in [3.8, 4) is 0 Å². The van der Waals surface area contributed by atoms with Crippen LogP contribution in [-0.4, -0.2) is 43.4 Å². The number of imidazole rings is 1. The lowest BCUT2D eigenvalue weighted by Gasteiger charge is -2.14. The van der Waals surface area contributed by atoms with Crippen LogP contribution >= 0.6 is 0 Å². The van der Waals surface area contributed by atoms with Crippen LogP contribution in [0, 0.1) is 0 Å². The molecule has 0 aromatic carbocycles. The van der Waals surface area contributed by atoms with E-state index in [1.165, 1.54) is 0 Å².